The Hall–Kier alpha value is -4.83. The third kappa shape index (κ3) is 14.1. The molecule has 0 bridgehead atoms. The van der Waals surface area contributed by atoms with E-state index in [1.54, 1.807) is 124 Å². The first-order chi connectivity index (χ1) is 28.9. The zero-order valence-electron chi connectivity index (χ0n) is 39.8. The number of para-hydroxylation sites is 1. The van der Waals surface area contributed by atoms with Gasteiger partial charge in [-0.2, -0.15) is 4.99 Å². The first-order valence-corrected chi connectivity index (χ1v) is 21.7. The van der Waals surface area contributed by atoms with Gasteiger partial charge >= 0.3 is 31.5 Å². The lowest BCUT2D eigenvalue weighted by molar-refractivity contribution is -0.0298. The summed E-state index contributed by atoms with van der Waals surface area (Å²) in [6.07, 6.45) is 0.119. The average Bonchev–Trinajstić information content (AvgIpc) is 3.39. The molecular formula is C47H67BN2O13. The minimum Gasteiger partial charge on any atom is -0.486 e. The molecule has 3 fully saturated rings. The van der Waals surface area contributed by atoms with Crippen molar-refractivity contribution in [3.8, 4) is 17.2 Å². The summed E-state index contributed by atoms with van der Waals surface area (Å²) >= 11 is 0. The van der Waals surface area contributed by atoms with Gasteiger partial charge in [-0.05, 0) is 151 Å². The van der Waals surface area contributed by atoms with E-state index in [0.29, 0.717) is 23.9 Å². The average molecular weight is 879 g/mol. The van der Waals surface area contributed by atoms with E-state index < -0.39 is 65.6 Å². The fraction of sp³-hybridized carbons (Fsp3) is 0.638. The lowest BCUT2D eigenvalue weighted by Gasteiger charge is -2.43. The van der Waals surface area contributed by atoms with Crippen LogP contribution in [0.15, 0.2) is 41.4 Å². The van der Waals surface area contributed by atoms with E-state index in [1.807, 2.05) is 0 Å². The van der Waals surface area contributed by atoms with E-state index in [9.17, 15) is 19.2 Å². The van der Waals surface area contributed by atoms with E-state index in [-0.39, 0.29) is 53.3 Å². The number of fused-ring (bicyclic) bond motifs is 1. The minimum absolute atomic E-state index is 0.0381. The lowest BCUT2D eigenvalue weighted by Crippen LogP contribution is -2.56. The third-order valence-electron chi connectivity index (χ3n) is 10.1. The van der Waals surface area contributed by atoms with Crippen LogP contribution in [-0.2, 0) is 34.7 Å². The van der Waals surface area contributed by atoms with Crippen LogP contribution in [-0.4, -0.2) is 95.5 Å². The predicted octanol–water partition coefficient (Wildman–Crippen LogP) is 10.1. The van der Waals surface area contributed by atoms with Gasteiger partial charge in [0.15, 0.2) is 5.75 Å². The van der Waals surface area contributed by atoms with Crippen molar-refractivity contribution in [1.82, 2.24) is 4.90 Å². The maximum absolute atomic E-state index is 14.2. The van der Waals surface area contributed by atoms with Crippen molar-refractivity contribution in [2.45, 2.75) is 176 Å². The van der Waals surface area contributed by atoms with Crippen molar-refractivity contribution in [1.29, 1.82) is 0 Å². The van der Waals surface area contributed by atoms with Crippen molar-refractivity contribution in [2.24, 2.45) is 10.4 Å². The summed E-state index contributed by atoms with van der Waals surface area (Å²) in [4.78, 5) is 59.7. The van der Waals surface area contributed by atoms with Gasteiger partial charge in [0.1, 0.15) is 51.4 Å². The molecule has 2 aliphatic heterocycles. The van der Waals surface area contributed by atoms with Crippen LogP contribution in [0, 0.1) is 5.41 Å². The van der Waals surface area contributed by atoms with Crippen LogP contribution in [0.4, 0.5) is 14.4 Å². The summed E-state index contributed by atoms with van der Waals surface area (Å²) in [5.41, 5.74) is -3.03. The Morgan fingerprint density at radius 1 is 0.762 bits per heavy atom. The van der Waals surface area contributed by atoms with Gasteiger partial charge in [-0.25, -0.2) is 19.2 Å². The fourth-order valence-electron chi connectivity index (χ4n) is 7.76. The summed E-state index contributed by atoms with van der Waals surface area (Å²) in [5, 5.41) is 0. The summed E-state index contributed by atoms with van der Waals surface area (Å²) < 4.78 is 53.4. The first kappa shape index (κ1) is 49.2. The van der Waals surface area contributed by atoms with Gasteiger partial charge in [-0.3, -0.25) is 0 Å². The summed E-state index contributed by atoms with van der Waals surface area (Å²) in [5.74, 6) is -0.465. The number of hydrogen-bond donors (Lipinski definition) is 0. The van der Waals surface area contributed by atoms with Crippen LogP contribution in [0.25, 0.3) is 0 Å². The van der Waals surface area contributed by atoms with Gasteiger partial charge in [-0.15, -0.1) is 0 Å². The SMILES string of the molecule is CC1(C)CCC2OB(CCc3ccc(OC4CN(/C(=N\C(=O)OC(C)(C)C)c5ccccc5OC(=O)OC(C)(C)C)C4)c(C(=O)OC(C)(C)C)c3OC(=O)OC(C)(C)C)OC2(C)C1. The molecule has 5 rings (SSSR count). The molecule has 2 aromatic carbocycles. The number of ether oxygens (including phenoxy) is 7. The quantitative estimate of drug-likeness (QED) is 0.0583. The number of carbonyl (C=O) groups is 4. The second-order valence-corrected chi connectivity index (χ2v) is 21.5. The highest BCUT2D eigenvalue weighted by atomic mass is 16.7. The number of carbonyl (C=O) groups excluding carboxylic acids is 4. The maximum atomic E-state index is 14.2. The smallest absolute Gasteiger partial charge is 0.486 e. The van der Waals surface area contributed by atoms with Crippen molar-refractivity contribution < 1.29 is 61.6 Å². The molecule has 2 atom stereocenters. The minimum atomic E-state index is -1.01. The highest BCUT2D eigenvalue weighted by molar-refractivity contribution is 6.45. The predicted molar refractivity (Wildman–Crippen MR) is 237 cm³/mol. The molecule has 2 aromatic rings. The number of nitrogens with zero attached hydrogens (tertiary/aromatic N) is 2. The van der Waals surface area contributed by atoms with Crippen molar-refractivity contribution in [3.05, 3.63) is 53.1 Å². The van der Waals surface area contributed by atoms with Gasteiger partial charge in [0, 0.05) is 0 Å². The molecule has 1 amide bonds. The molecule has 2 heterocycles. The number of amidine groups is 1. The van der Waals surface area contributed by atoms with E-state index in [1.165, 1.54) is 0 Å². The topological polar surface area (TPSA) is 167 Å². The Morgan fingerprint density at radius 3 is 1.95 bits per heavy atom. The largest absolute Gasteiger partial charge is 0.514 e. The molecule has 1 saturated carbocycles. The van der Waals surface area contributed by atoms with E-state index >= 15 is 0 Å². The second kappa shape index (κ2) is 18.3. The Bertz CT molecular complexity index is 2050. The number of likely N-dealkylation sites (tertiary alicyclic amines) is 1. The summed E-state index contributed by atoms with van der Waals surface area (Å²) in [6, 6.07) is 10.0. The van der Waals surface area contributed by atoms with Crippen LogP contribution in [0.2, 0.25) is 6.32 Å². The van der Waals surface area contributed by atoms with Gasteiger partial charge < -0.3 is 47.4 Å². The normalized spacial score (nSPS) is 20.6. The summed E-state index contributed by atoms with van der Waals surface area (Å²) in [6.45, 7) is 27.6. The number of rotatable bonds is 9. The molecule has 0 spiro atoms. The monoisotopic (exact) mass is 878 g/mol. The zero-order chi connectivity index (χ0) is 46.9. The van der Waals surface area contributed by atoms with Crippen LogP contribution < -0.4 is 14.2 Å². The van der Waals surface area contributed by atoms with Crippen LogP contribution in [0.3, 0.4) is 0 Å². The molecule has 346 valence electrons. The Balaban J connectivity index is 1.47. The molecule has 2 unspecified atom stereocenters. The highest BCUT2D eigenvalue weighted by Crippen LogP contribution is 2.48. The van der Waals surface area contributed by atoms with Crippen molar-refractivity contribution >= 4 is 37.3 Å². The third-order valence-corrected chi connectivity index (χ3v) is 10.1. The molecular weight excluding hydrogens is 811 g/mol. The van der Waals surface area contributed by atoms with Gasteiger partial charge in [-0.1, -0.05) is 32.0 Å². The molecule has 3 aliphatic rings. The number of amides is 1. The number of benzene rings is 2. The standard InChI is InChI=1S/C47H67BN2O13/c1-42(2,3)58-38(51)35-33(21-20-29(36(35)57-41(54)61-45(10,11)12)23-25-48-62-34-22-24-46(13,14)28-47(34,15)63-48)55-30-26-50(27-30)37(49-39(52)59-43(4,5)6)31-18-16-17-19-32(31)56-40(53)60-44(7,8)9/h16-21,30,34H,22-28H2,1-15H3/b49-37-. The molecule has 0 N–H and O–H groups in total. The van der Waals surface area contributed by atoms with E-state index in [2.05, 4.69) is 25.8 Å². The molecule has 63 heavy (non-hydrogen) atoms. The molecule has 0 aromatic heterocycles. The van der Waals surface area contributed by atoms with Gasteiger partial charge in [0.05, 0.1) is 30.4 Å². The number of aliphatic imine (C=N–C) groups is 1. The van der Waals surface area contributed by atoms with Crippen molar-refractivity contribution in [3.63, 3.8) is 0 Å². The summed E-state index contributed by atoms with van der Waals surface area (Å²) in [7, 11) is -0.513. The van der Waals surface area contributed by atoms with Crippen LogP contribution >= 0.6 is 0 Å². The van der Waals surface area contributed by atoms with E-state index in [4.69, 9.17) is 42.5 Å². The van der Waals surface area contributed by atoms with Gasteiger partial charge in [0.2, 0.25) is 0 Å². The molecule has 2 saturated heterocycles. The maximum Gasteiger partial charge on any atom is 0.514 e. The van der Waals surface area contributed by atoms with Crippen molar-refractivity contribution in [2.75, 3.05) is 13.1 Å². The van der Waals surface area contributed by atoms with Gasteiger partial charge in [0.25, 0.3) is 0 Å². The van der Waals surface area contributed by atoms with Crippen LogP contribution in [0.1, 0.15) is 145 Å². The molecule has 1 aliphatic carbocycles. The Kier molecular flexibility index (Phi) is 14.3. The molecule has 15 nitrogen and oxygen atoms in total. The number of aryl methyl sites for hydroxylation is 1. The lowest BCUT2D eigenvalue weighted by atomic mass is 9.69. The Morgan fingerprint density at radius 2 is 1.35 bits per heavy atom. The Labute approximate surface area is 372 Å². The van der Waals surface area contributed by atoms with Crippen LogP contribution in [0.5, 0.6) is 17.2 Å². The second-order valence-electron chi connectivity index (χ2n) is 21.5. The molecule has 0 radical (unpaired) electrons. The number of esters is 1. The first-order valence-electron chi connectivity index (χ1n) is 21.7. The van der Waals surface area contributed by atoms with E-state index in [0.717, 1.165) is 19.3 Å². The molecule has 16 heteroatoms. The zero-order valence-corrected chi connectivity index (χ0v) is 39.8. The fourth-order valence-corrected chi connectivity index (χ4v) is 7.76. The number of hydrogen-bond acceptors (Lipinski definition) is 13. The highest BCUT2D eigenvalue weighted by Gasteiger charge is 2.53.